The zero-order valence-corrected chi connectivity index (χ0v) is 26.3. The molecule has 0 saturated heterocycles. The number of nitrogens with two attached hydrogens (primary N) is 1. The fourth-order valence-corrected chi connectivity index (χ4v) is 5.63. The summed E-state index contributed by atoms with van der Waals surface area (Å²) in [5.74, 6) is 2.89. The summed E-state index contributed by atoms with van der Waals surface area (Å²) in [4.78, 5) is 8.92. The molecule has 0 spiro atoms. The summed E-state index contributed by atoms with van der Waals surface area (Å²) >= 11 is 6.66. The standard InChI is InChI=1S/C35H31ClN4O3.CH5N/c1-22-7-6-12-38-32(22)21-42-27-10-11-30(29(36)15-27)40-35-26(18-37)19-39-31-17-34(33(41-2)16-28(31)35)43-20-23-13-25(14-23)24-8-4-3-5-9-24;1-2/h3-12,15-17,19,23,25H,13-14,20-21H2,1-2H3,(H,39,40);2H2,1H3. The van der Waals surface area contributed by atoms with Gasteiger partial charge in [0.2, 0.25) is 0 Å². The van der Waals surface area contributed by atoms with Crippen molar-refractivity contribution < 1.29 is 14.2 Å². The number of pyridine rings is 2. The molecule has 8 nitrogen and oxygen atoms in total. The highest BCUT2D eigenvalue weighted by Gasteiger charge is 2.31. The average molecular weight is 622 g/mol. The predicted octanol–water partition coefficient (Wildman–Crippen LogP) is 7.94. The van der Waals surface area contributed by atoms with Gasteiger partial charge in [-0.2, -0.15) is 5.26 Å². The molecule has 2 aromatic heterocycles. The zero-order valence-electron chi connectivity index (χ0n) is 25.6. The van der Waals surface area contributed by atoms with Crippen molar-refractivity contribution in [3.05, 3.63) is 113 Å². The van der Waals surface area contributed by atoms with Crippen molar-refractivity contribution in [1.29, 1.82) is 5.26 Å². The van der Waals surface area contributed by atoms with Crippen molar-refractivity contribution in [3.8, 4) is 23.3 Å². The molecule has 1 aliphatic rings. The first-order valence-electron chi connectivity index (χ1n) is 14.8. The van der Waals surface area contributed by atoms with Crippen LogP contribution in [0.1, 0.15) is 41.1 Å². The van der Waals surface area contributed by atoms with Gasteiger partial charge in [-0.15, -0.1) is 0 Å². The minimum Gasteiger partial charge on any atom is -0.493 e. The molecular formula is C36H36ClN5O3. The van der Waals surface area contributed by atoms with E-state index in [4.69, 9.17) is 25.8 Å². The highest BCUT2D eigenvalue weighted by Crippen LogP contribution is 2.43. The Bertz CT molecular complexity index is 1800. The summed E-state index contributed by atoms with van der Waals surface area (Å²) in [6.45, 7) is 2.94. The van der Waals surface area contributed by atoms with Crippen LogP contribution < -0.4 is 25.3 Å². The molecule has 230 valence electrons. The molecule has 0 aliphatic heterocycles. The lowest BCUT2D eigenvalue weighted by Gasteiger charge is -2.35. The van der Waals surface area contributed by atoms with Gasteiger partial charge in [0.15, 0.2) is 11.5 Å². The van der Waals surface area contributed by atoms with Crippen molar-refractivity contribution in [3.63, 3.8) is 0 Å². The van der Waals surface area contributed by atoms with E-state index in [1.54, 1.807) is 25.6 Å². The third-order valence-electron chi connectivity index (χ3n) is 7.95. The molecule has 1 aliphatic carbocycles. The summed E-state index contributed by atoms with van der Waals surface area (Å²) in [6, 6.07) is 25.9. The largest absolute Gasteiger partial charge is 0.493 e. The first-order valence-corrected chi connectivity index (χ1v) is 15.2. The van der Waals surface area contributed by atoms with E-state index in [2.05, 4.69) is 57.4 Å². The number of nitriles is 1. The van der Waals surface area contributed by atoms with Crippen molar-refractivity contribution in [2.45, 2.75) is 32.3 Å². The normalized spacial score (nSPS) is 15.2. The van der Waals surface area contributed by atoms with Crippen molar-refractivity contribution in [2.24, 2.45) is 11.7 Å². The molecule has 9 heteroatoms. The highest BCUT2D eigenvalue weighted by molar-refractivity contribution is 6.33. The van der Waals surface area contributed by atoms with Gasteiger partial charge >= 0.3 is 0 Å². The van der Waals surface area contributed by atoms with Gasteiger partial charge in [0.25, 0.3) is 0 Å². The van der Waals surface area contributed by atoms with Crippen LogP contribution >= 0.6 is 11.6 Å². The topological polar surface area (TPSA) is 115 Å². The molecule has 2 heterocycles. The lowest BCUT2D eigenvalue weighted by molar-refractivity contribution is 0.154. The van der Waals surface area contributed by atoms with Crippen LogP contribution in [0.25, 0.3) is 10.9 Å². The minimum atomic E-state index is 0.335. The fourth-order valence-electron chi connectivity index (χ4n) is 5.41. The molecule has 0 radical (unpaired) electrons. The number of aryl methyl sites for hydroxylation is 1. The van der Waals surface area contributed by atoms with E-state index in [1.165, 1.54) is 12.6 Å². The van der Waals surface area contributed by atoms with E-state index < -0.39 is 0 Å². The van der Waals surface area contributed by atoms with Crippen LogP contribution in [0.5, 0.6) is 17.2 Å². The quantitative estimate of drug-likeness (QED) is 0.161. The number of hydrogen-bond donors (Lipinski definition) is 2. The number of ether oxygens (including phenoxy) is 3. The summed E-state index contributed by atoms with van der Waals surface area (Å²) < 4.78 is 17.9. The van der Waals surface area contributed by atoms with Gasteiger partial charge in [0.1, 0.15) is 18.4 Å². The maximum absolute atomic E-state index is 9.89. The number of benzene rings is 3. The third-order valence-corrected chi connectivity index (χ3v) is 8.26. The van der Waals surface area contributed by atoms with Crippen LogP contribution in [-0.2, 0) is 6.61 Å². The highest BCUT2D eigenvalue weighted by atomic mass is 35.5. The number of methoxy groups -OCH3 is 1. The second-order valence-corrected chi connectivity index (χ2v) is 11.2. The zero-order chi connectivity index (χ0) is 31.8. The van der Waals surface area contributed by atoms with E-state index in [9.17, 15) is 5.26 Å². The molecule has 3 N–H and O–H groups in total. The number of anilines is 2. The van der Waals surface area contributed by atoms with Crippen LogP contribution in [0.4, 0.5) is 11.4 Å². The molecule has 45 heavy (non-hydrogen) atoms. The molecule has 0 amide bonds. The van der Waals surface area contributed by atoms with E-state index in [0.717, 1.165) is 29.5 Å². The Morgan fingerprint density at radius 1 is 0.978 bits per heavy atom. The molecule has 0 bridgehead atoms. The van der Waals surface area contributed by atoms with Crippen LogP contribution in [-0.4, -0.2) is 30.7 Å². The van der Waals surface area contributed by atoms with Crippen LogP contribution in [0, 0.1) is 24.2 Å². The summed E-state index contributed by atoms with van der Waals surface area (Å²) in [6.07, 6.45) is 5.51. The van der Waals surface area contributed by atoms with Crippen molar-refractivity contribution in [2.75, 3.05) is 26.1 Å². The predicted molar refractivity (Wildman–Crippen MR) is 179 cm³/mol. The van der Waals surface area contributed by atoms with Crippen molar-refractivity contribution in [1.82, 2.24) is 9.97 Å². The molecule has 0 unspecified atom stereocenters. The van der Waals surface area contributed by atoms with E-state index >= 15 is 0 Å². The first-order chi connectivity index (χ1) is 22.0. The maximum atomic E-state index is 9.89. The van der Waals surface area contributed by atoms with Crippen LogP contribution in [0.3, 0.4) is 0 Å². The molecule has 5 aromatic rings. The molecule has 1 fully saturated rings. The van der Waals surface area contributed by atoms with Crippen molar-refractivity contribution >= 4 is 33.9 Å². The minimum absolute atomic E-state index is 0.335. The number of aromatic nitrogens is 2. The van der Waals surface area contributed by atoms with Crippen LogP contribution in [0.15, 0.2) is 85.2 Å². The molecule has 0 atom stereocenters. The fraction of sp³-hybridized carbons (Fsp3) is 0.250. The Morgan fingerprint density at radius 2 is 1.78 bits per heavy atom. The second-order valence-electron chi connectivity index (χ2n) is 10.8. The van der Waals surface area contributed by atoms with Gasteiger partial charge in [-0.05, 0) is 74.0 Å². The summed E-state index contributed by atoms with van der Waals surface area (Å²) in [5.41, 5.74) is 10.1. The van der Waals surface area contributed by atoms with Gasteiger partial charge in [-0.1, -0.05) is 48.0 Å². The molecule has 1 saturated carbocycles. The Hall–Kier alpha value is -4.84. The first kappa shape index (κ1) is 31.6. The van der Waals surface area contributed by atoms with E-state index in [0.29, 0.717) is 69.8 Å². The second kappa shape index (κ2) is 14.8. The van der Waals surface area contributed by atoms with Crippen LogP contribution in [0.2, 0.25) is 5.02 Å². The average Bonchev–Trinajstić information content (AvgIpc) is 3.06. The Balaban J connectivity index is 0.00000196. The lowest BCUT2D eigenvalue weighted by atomic mass is 9.72. The number of nitrogens with one attached hydrogen (secondary N) is 1. The Morgan fingerprint density at radius 3 is 2.49 bits per heavy atom. The molecular weight excluding hydrogens is 586 g/mol. The van der Waals surface area contributed by atoms with Gasteiger partial charge in [0, 0.05) is 29.9 Å². The molecule has 3 aromatic carbocycles. The lowest BCUT2D eigenvalue weighted by Crippen LogP contribution is -2.27. The maximum Gasteiger partial charge on any atom is 0.163 e. The van der Waals surface area contributed by atoms with E-state index in [1.807, 2.05) is 43.3 Å². The van der Waals surface area contributed by atoms with Gasteiger partial charge in [-0.25, -0.2) is 0 Å². The number of hydrogen-bond acceptors (Lipinski definition) is 8. The number of fused-ring (bicyclic) bond motifs is 1. The Labute approximate surface area is 268 Å². The van der Waals surface area contributed by atoms with Gasteiger partial charge in [-0.3, -0.25) is 9.97 Å². The third kappa shape index (κ3) is 7.28. The van der Waals surface area contributed by atoms with E-state index in [-0.39, 0.29) is 0 Å². The Kier molecular flexibility index (Phi) is 10.4. The number of rotatable bonds is 10. The summed E-state index contributed by atoms with van der Waals surface area (Å²) in [7, 11) is 3.11. The van der Waals surface area contributed by atoms with Gasteiger partial charge < -0.3 is 25.3 Å². The molecule has 6 rings (SSSR count). The smallest absolute Gasteiger partial charge is 0.163 e. The summed E-state index contributed by atoms with van der Waals surface area (Å²) in [5, 5.41) is 14.4. The monoisotopic (exact) mass is 621 g/mol. The number of nitrogens with zero attached hydrogens (tertiary/aromatic N) is 3. The van der Waals surface area contributed by atoms with Gasteiger partial charge in [0.05, 0.1) is 46.9 Å². The number of halogens is 1. The SMILES string of the molecule is CN.COc1cc2c(Nc3ccc(OCc4ncccc4C)cc3Cl)c(C#N)cnc2cc1OCC1CC(c2ccccc2)C1.